The molecule has 20 heavy (non-hydrogen) atoms. The summed E-state index contributed by atoms with van der Waals surface area (Å²) in [7, 11) is 0. The standard InChI is InChI=1S/C12H19F3N4S/c1-9-5-2-3-7-19(9)8-4-6-16-11-18-17-10(20-11)12(13,14)15/h9H,2-8H2,1H3,(H,16,18). The average molecular weight is 308 g/mol. The van der Waals surface area contributed by atoms with Gasteiger partial charge in [-0.1, -0.05) is 17.8 Å². The van der Waals surface area contributed by atoms with E-state index < -0.39 is 11.2 Å². The van der Waals surface area contributed by atoms with Crippen LogP contribution in [0.5, 0.6) is 0 Å². The Morgan fingerprint density at radius 1 is 1.35 bits per heavy atom. The van der Waals surface area contributed by atoms with Crippen LogP contribution >= 0.6 is 11.3 Å². The summed E-state index contributed by atoms with van der Waals surface area (Å²) in [5.41, 5.74) is 0. The number of anilines is 1. The summed E-state index contributed by atoms with van der Waals surface area (Å²) in [6.45, 7) is 4.94. The van der Waals surface area contributed by atoms with Crippen molar-refractivity contribution in [1.29, 1.82) is 0 Å². The summed E-state index contributed by atoms with van der Waals surface area (Å²) in [6, 6.07) is 0.613. The van der Waals surface area contributed by atoms with Crippen molar-refractivity contribution in [3.05, 3.63) is 5.01 Å². The number of likely N-dealkylation sites (tertiary alicyclic amines) is 1. The zero-order valence-electron chi connectivity index (χ0n) is 11.4. The Bertz CT molecular complexity index is 421. The van der Waals surface area contributed by atoms with Crippen molar-refractivity contribution in [3.8, 4) is 0 Å². The van der Waals surface area contributed by atoms with E-state index >= 15 is 0 Å². The van der Waals surface area contributed by atoms with E-state index in [0.29, 0.717) is 23.9 Å². The summed E-state index contributed by atoms with van der Waals surface area (Å²) in [5.74, 6) is 0. The quantitative estimate of drug-likeness (QED) is 0.848. The Balaban J connectivity index is 1.69. The van der Waals surface area contributed by atoms with Gasteiger partial charge in [0.25, 0.3) is 0 Å². The van der Waals surface area contributed by atoms with Crippen LogP contribution in [0.15, 0.2) is 0 Å². The first-order valence-corrected chi connectivity index (χ1v) is 7.67. The van der Waals surface area contributed by atoms with E-state index in [1.807, 2.05) is 0 Å². The summed E-state index contributed by atoms with van der Waals surface area (Å²) in [4.78, 5) is 2.44. The van der Waals surface area contributed by atoms with Crippen LogP contribution in [-0.2, 0) is 6.18 Å². The van der Waals surface area contributed by atoms with Gasteiger partial charge in [-0.2, -0.15) is 13.2 Å². The molecule has 1 aliphatic rings. The van der Waals surface area contributed by atoms with E-state index in [-0.39, 0.29) is 5.13 Å². The van der Waals surface area contributed by atoms with Crippen molar-refractivity contribution >= 4 is 16.5 Å². The molecule has 2 rings (SSSR count). The Labute approximate surface area is 120 Å². The van der Waals surface area contributed by atoms with Crippen LogP contribution in [0, 0.1) is 0 Å². The molecule has 0 aliphatic carbocycles. The van der Waals surface area contributed by atoms with Crippen molar-refractivity contribution in [1.82, 2.24) is 15.1 Å². The van der Waals surface area contributed by atoms with Gasteiger partial charge in [-0.25, -0.2) is 0 Å². The summed E-state index contributed by atoms with van der Waals surface area (Å²) in [5, 5.41) is 8.90. The maximum Gasteiger partial charge on any atom is 0.445 e. The van der Waals surface area contributed by atoms with Crippen molar-refractivity contribution in [2.75, 3.05) is 25.0 Å². The van der Waals surface area contributed by atoms with E-state index in [1.54, 1.807) is 0 Å². The lowest BCUT2D eigenvalue weighted by Crippen LogP contribution is -2.38. The number of halogens is 3. The number of piperidine rings is 1. The number of aromatic nitrogens is 2. The third-order valence-corrected chi connectivity index (χ3v) is 4.43. The molecular weight excluding hydrogens is 289 g/mol. The molecule has 114 valence electrons. The zero-order chi connectivity index (χ0) is 14.6. The molecule has 2 heterocycles. The third-order valence-electron chi connectivity index (χ3n) is 3.51. The summed E-state index contributed by atoms with van der Waals surface area (Å²) >= 11 is 0.554. The fraction of sp³-hybridized carbons (Fsp3) is 0.833. The maximum absolute atomic E-state index is 12.3. The highest BCUT2D eigenvalue weighted by molar-refractivity contribution is 7.15. The predicted molar refractivity (Wildman–Crippen MR) is 72.9 cm³/mol. The van der Waals surface area contributed by atoms with Gasteiger partial charge in [0.2, 0.25) is 10.1 Å². The smallest absolute Gasteiger partial charge is 0.360 e. The molecule has 0 radical (unpaired) electrons. The highest BCUT2D eigenvalue weighted by Gasteiger charge is 2.35. The number of hydrogen-bond acceptors (Lipinski definition) is 5. The molecule has 1 fully saturated rings. The minimum absolute atomic E-state index is 0.240. The number of alkyl halides is 3. The lowest BCUT2D eigenvalue weighted by molar-refractivity contribution is -0.138. The fourth-order valence-corrected chi connectivity index (χ4v) is 3.01. The minimum Gasteiger partial charge on any atom is -0.360 e. The fourth-order valence-electron chi connectivity index (χ4n) is 2.38. The van der Waals surface area contributed by atoms with Crippen molar-refractivity contribution in [3.63, 3.8) is 0 Å². The van der Waals surface area contributed by atoms with Gasteiger partial charge < -0.3 is 10.2 Å². The second-order valence-electron chi connectivity index (χ2n) is 5.07. The summed E-state index contributed by atoms with van der Waals surface area (Å²) in [6.07, 6.45) is 0.259. The van der Waals surface area contributed by atoms with E-state index in [4.69, 9.17) is 0 Å². The first kappa shape index (κ1) is 15.5. The molecule has 0 spiro atoms. The van der Waals surface area contributed by atoms with Crippen molar-refractivity contribution in [2.45, 2.75) is 44.8 Å². The van der Waals surface area contributed by atoms with Crippen LogP contribution in [-0.4, -0.2) is 40.8 Å². The van der Waals surface area contributed by atoms with Crippen molar-refractivity contribution < 1.29 is 13.2 Å². The number of nitrogens with zero attached hydrogens (tertiary/aromatic N) is 3. The second kappa shape index (κ2) is 6.71. The average Bonchev–Trinajstić information content (AvgIpc) is 2.85. The van der Waals surface area contributed by atoms with E-state index in [2.05, 4.69) is 27.3 Å². The molecule has 1 aromatic heterocycles. The Hall–Kier alpha value is -0.890. The molecule has 1 atom stereocenters. The van der Waals surface area contributed by atoms with E-state index in [9.17, 15) is 13.2 Å². The molecule has 4 nitrogen and oxygen atoms in total. The molecule has 0 amide bonds. The van der Waals surface area contributed by atoms with Crippen LogP contribution in [0.25, 0.3) is 0 Å². The van der Waals surface area contributed by atoms with Gasteiger partial charge in [0.1, 0.15) is 0 Å². The number of nitrogens with one attached hydrogen (secondary N) is 1. The second-order valence-corrected chi connectivity index (χ2v) is 6.05. The van der Waals surface area contributed by atoms with E-state index in [1.165, 1.54) is 19.3 Å². The van der Waals surface area contributed by atoms with Gasteiger partial charge in [-0.15, -0.1) is 10.2 Å². The molecule has 1 saturated heterocycles. The molecule has 1 N–H and O–H groups in total. The highest BCUT2D eigenvalue weighted by Crippen LogP contribution is 2.32. The topological polar surface area (TPSA) is 41.0 Å². The Morgan fingerprint density at radius 2 is 2.15 bits per heavy atom. The van der Waals surface area contributed by atoms with Crippen LogP contribution in [0.4, 0.5) is 18.3 Å². The number of rotatable bonds is 5. The van der Waals surface area contributed by atoms with Crippen LogP contribution in [0.1, 0.15) is 37.6 Å². The SMILES string of the molecule is CC1CCCCN1CCCNc1nnc(C(F)(F)F)s1. The number of hydrogen-bond donors (Lipinski definition) is 1. The molecule has 1 aromatic rings. The van der Waals surface area contributed by atoms with Gasteiger partial charge in [-0.3, -0.25) is 0 Å². The molecule has 1 aliphatic heterocycles. The molecule has 1 unspecified atom stereocenters. The first-order chi connectivity index (χ1) is 9.47. The predicted octanol–water partition coefficient (Wildman–Crippen LogP) is 3.23. The first-order valence-electron chi connectivity index (χ1n) is 6.85. The van der Waals surface area contributed by atoms with Gasteiger partial charge in [0.05, 0.1) is 0 Å². The Morgan fingerprint density at radius 3 is 2.80 bits per heavy atom. The van der Waals surface area contributed by atoms with Gasteiger partial charge in [-0.05, 0) is 32.7 Å². The third kappa shape index (κ3) is 4.31. The van der Waals surface area contributed by atoms with Crippen LogP contribution in [0.2, 0.25) is 0 Å². The minimum atomic E-state index is -4.40. The molecular formula is C12H19F3N4S. The largest absolute Gasteiger partial charge is 0.445 e. The molecule has 0 aromatic carbocycles. The maximum atomic E-state index is 12.3. The van der Waals surface area contributed by atoms with E-state index in [0.717, 1.165) is 19.5 Å². The van der Waals surface area contributed by atoms with Gasteiger partial charge >= 0.3 is 6.18 Å². The van der Waals surface area contributed by atoms with Crippen LogP contribution < -0.4 is 5.32 Å². The van der Waals surface area contributed by atoms with Crippen LogP contribution in [0.3, 0.4) is 0 Å². The monoisotopic (exact) mass is 308 g/mol. The Kier molecular flexibility index (Phi) is 5.20. The van der Waals surface area contributed by atoms with Gasteiger partial charge in [0, 0.05) is 19.1 Å². The highest BCUT2D eigenvalue weighted by atomic mass is 32.1. The lowest BCUT2D eigenvalue weighted by Gasteiger charge is -2.33. The lowest BCUT2D eigenvalue weighted by atomic mass is 10.0. The molecule has 8 heteroatoms. The molecule has 0 bridgehead atoms. The van der Waals surface area contributed by atoms with Gasteiger partial charge in [0.15, 0.2) is 0 Å². The summed E-state index contributed by atoms with van der Waals surface area (Å²) < 4.78 is 37.0. The normalized spacial score (nSPS) is 21.1. The zero-order valence-corrected chi connectivity index (χ0v) is 12.2. The van der Waals surface area contributed by atoms with Crippen molar-refractivity contribution in [2.24, 2.45) is 0 Å². The molecule has 0 saturated carbocycles.